The Balaban J connectivity index is 3.07. The highest BCUT2D eigenvalue weighted by Crippen LogP contribution is 2.30. The second kappa shape index (κ2) is 6.64. The first kappa shape index (κ1) is 17.8. The number of hydrogen-bond donors (Lipinski definition) is 7. The minimum Gasteiger partial charge on any atom is -0.477 e. The molecule has 0 saturated carbocycles. The first-order valence-electron chi connectivity index (χ1n) is 6.18. The Morgan fingerprint density at radius 2 is 2.00 bits per heavy atom. The van der Waals surface area contributed by atoms with E-state index >= 15 is 0 Å². The Hall–Kier alpha value is -1.30. The standard InChI is InChI=1S/C11H19NO9/c1-4(14)12-7-5(15)2-11(20,10(18)19)21-9(7)8(17)6(16)3-13/h5-9,13,15-17,20H,2-3H2,1H3,(H,12,14)(H,18,19)/t5-,6-,7+,8+,9-,11+/m0/s1. The summed E-state index contributed by atoms with van der Waals surface area (Å²) in [5.74, 6) is -5.17. The molecular formula is C11H19NO9. The van der Waals surface area contributed by atoms with Crippen LogP contribution in [-0.2, 0) is 14.3 Å². The second-order valence-corrected chi connectivity index (χ2v) is 4.91. The number of carbonyl (C=O) groups is 2. The van der Waals surface area contributed by atoms with Gasteiger partial charge in [0.1, 0.15) is 18.3 Å². The van der Waals surface area contributed by atoms with E-state index in [0.29, 0.717) is 0 Å². The number of carboxylic acids is 1. The van der Waals surface area contributed by atoms with E-state index in [0.717, 1.165) is 6.92 Å². The van der Waals surface area contributed by atoms with Crippen LogP contribution in [0.1, 0.15) is 13.3 Å². The molecule has 1 fully saturated rings. The highest BCUT2D eigenvalue weighted by atomic mass is 16.7. The van der Waals surface area contributed by atoms with Crippen LogP contribution < -0.4 is 5.32 Å². The topological polar surface area (TPSA) is 177 Å². The fourth-order valence-electron chi connectivity index (χ4n) is 2.14. The lowest BCUT2D eigenvalue weighted by Gasteiger charge is -2.44. The van der Waals surface area contributed by atoms with Crippen LogP contribution in [0.2, 0.25) is 0 Å². The smallest absolute Gasteiger partial charge is 0.364 e. The number of amides is 1. The van der Waals surface area contributed by atoms with Gasteiger partial charge < -0.3 is 40.7 Å². The largest absolute Gasteiger partial charge is 0.477 e. The molecular weight excluding hydrogens is 290 g/mol. The number of carboxylic acid groups (broad SMARTS) is 1. The normalized spacial score (nSPS) is 35.8. The minimum absolute atomic E-state index is 0.598. The molecule has 1 rings (SSSR count). The zero-order valence-electron chi connectivity index (χ0n) is 11.2. The Morgan fingerprint density at radius 1 is 1.43 bits per heavy atom. The van der Waals surface area contributed by atoms with Gasteiger partial charge in [-0.25, -0.2) is 4.79 Å². The molecule has 21 heavy (non-hydrogen) atoms. The first-order chi connectivity index (χ1) is 9.62. The van der Waals surface area contributed by atoms with Crippen molar-refractivity contribution in [2.75, 3.05) is 6.61 Å². The number of aliphatic carboxylic acids is 1. The zero-order chi connectivity index (χ0) is 16.4. The van der Waals surface area contributed by atoms with Gasteiger partial charge in [0.05, 0.1) is 18.8 Å². The van der Waals surface area contributed by atoms with Gasteiger partial charge in [0.25, 0.3) is 5.79 Å². The number of aliphatic hydroxyl groups is 5. The third kappa shape index (κ3) is 3.87. The van der Waals surface area contributed by atoms with Crippen LogP contribution in [0.3, 0.4) is 0 Å². The molecule has 0 bridgehead atoms. The number of rotatable bonds is 5. The third-order valence-corrected chi connectivity index (χ3v) is 3.21. The van der Waals surface area contributed by atoms with Crippen LogP contribution >= 0.6 is 0 Å². The van der Waals surface area contributed by atoms with E-state index < -0.39 is 61.1 Å². The molecule has 0 aromatic rings. The molecule has 1 aliphatic rings. The number of hydrogen-bond acceptors (Lipinski definition) is 8. The van der Waals surface area contributed by atoms with Gasteiger partial charge in [0.15, 0.2) is 0 Å². The zero-order valence-corrected chi connectivity index (χ0v) is 11.2. The summed E-state index contributed by atoms with van der Waals surface area (Å²) in [7, 11) is 0. The summed E-state index contributed by atoms with van der Waals surface area (Å²) in [4.78, 5) is 22.1. The average molecular weight is 309 g/mol. The molecule has 10 heteroatoms. The van der Waals surface area contributed by atoms with Gasteiger partial charge in [0, 0.05) is 13.3 Å². The van der Waals surface area contributed by atoms with Crippen molar-refractivity contribution < 1.29 is 45.0 Å². The molecule has 0 spiro atoms. The van der Waals surface area contributed by atoms with E-state index in [9.17, 15) is 30.0 Å². The number of nitrogens with one attached hydrogen (secondary N) is 1. The fourth-order valence-corrected chi connectivity index (χ4v) is 2.14. The Bertz CT molecular complexity index is 403. The molecule has 0 aliphatic carbocycles. The van der Waals surface area contributed by atoms with Crippen molar-refractivity contribution in [3.8, 4) is 0 Å². The van der Waals surface area contributed by atoms with E-state index in [2.05, 4.69) is 5.32 Å². The van der Waals surface area contributed by atoms with Crippen LogP contribution in [0, 0.1) is 0 Å². The summed E-state index contributed by atoms with van der Waals surface area (Å²) in [6.45, 7) is 0.256. The monoisotopic (exact) mass is 309 g/mol. The van der Waals surface area contributed by atoms with Crippen molar-refractivity contribution in [3.63, 3.8) is 0 Å². The summed E-state index contributed by atoms with van der Waals surface area (Å²) in [6, 6.07) is -1.27. The maximum Gasteiger partial charge on any atom is 0.364 e. The van der Waals surface area contributed by atoms with Gasteiger partial charge in [-0.05, 0) is 0 Å². The van der Waals surface area contributed by atoms with Crippen LogP contribution in [0.25, 0.3) is 0 Å². The molecule has 0 aromatic heterocycles. The third-order valence-electron chi connectivity index (χ3n) is 3.21. The Labute approximate surface area is 119 Å². The van der Waals surface area contributed by atoms with E-state index in [4.69, 9.17) is 14.9 Å². The van der Waals surface area contributed by atoms with Gasteiger partial charge in [-0.3, -0.25) is 4.79 Å². The lowest BCUT2D eigenvalue weighted by molar-refractivity contribution is -0.295. The summed E-state index contributed by atoms with van der Waals surface area (Å²) >= 11 is 0. The van der Waals surface area contributed by atoms with Gasteiger partial charge in [0.2, 0.25) is 5.91 Å². The Morgan fingerprint density at radius 3 is 2.43 bits per heavy atom. The molecule has 6 atom stereocenters. The summed E-state index contributed by atoms with van der Waals surface area (Å²) < 4.78 is 4.86. The van der Waals surface area contributed by atoms with Gasteiger partial charge in [-0.2, -0.15) is 0 Å². The molecule has 122 valence electrons. The van der Waals surface area contributed by atoms with Crippen LogP contribution in [0.15, 0.2) is 0 Å². The summed E-state index contributed by atoms with van der Waals surface area (Å²) in [5, 5.41) is 59.0. The lowest BCUT2D eigenvalue weighted by atomic mass is 9.88. The number of ether oxygens (including phenoxy) is 1. The quantitative estimate of drug-likeness (QED) is 0.268. The van der Waals surface area contributed by atoms with Crippen molar-refractivity contribution in [1.29, 1.82) is 0 Å². The van der Waals surface area contributed by atoms with Gasteiger partial charge >= 0.3 is 5.97 Å². The van der Waals surface area contributed by atoms with E-state index in [1.165, 1.54) is 0 Å². The van der Waals surface area contributed by atoms with E-state index in [1.807, 2.05) is 0 Å². The summed E-state index contributed by atoms with van der Waals surface area (Å²) in [5.41, 5.74) is 0. The lowest BCUT2D eigenvalue weighted by Crippen LogP contribution is -2.67. The van der Waals surface area contributed by atoms with E-state index in [-0.39, 0.29) is 0 Å². The van der Waals surface area contributed by atoms with Gasteiger partial charge in [-0.1, -0.05) is 0 Å². The maximum atomic E-state index is 11.1. The van der Waals surface area contributed by atoms with E-state index in [1.54, 1.807) is 0 Å². The van der Waals surface area contributed by atoms with Crippen LogP contribution in [0.4, 0.5) is 0 Å². The minimum atomic E-state index is -2.78. The van der Waals surface area contributed by atoms with Crippen LogP contribution in [-0.4, -0.2) is 85.4 Å². The highest BCUT2D eigenvalue weighted by molar-refractivity contribution is 5.76. The van der Waals surface area contributed by atoms with Crippen molar-refractivity contribution in [3.05, 3.63) is 0 Å². The van der Waals surface area contributed by atoms with Gasteiger partial charge in [-0.15, -0.1) is 0 Å². The molecule has 1 amide bonds. The van der Waals surface area contributed by atoms with Crippen molar-refractivity contribution in [2.45, 2.75) is 49.6 Å². The molecule has 1 heterocycles. The average Bonchev–Trinajstić information content (AvgIpc) is 2.39. The first-order valence-corrected chi connectivity index (χ1v) is 6.18. The molecule has 1 saturated heterocycles. The molecule has 0 radical (unpaired) electrons. The molecule has 10 nitrogen and oxygen atoms in total. The maximum absolute atomic E-state index is 11.1. The molecule has 1 aliphatic heterocycles. The number of aliphatic hydroxyl groups excluding tert-OH is 4. The second-order valence-electron chi connectivity index (χ2n) is 4.91. The SMILES string of the molecule is CC(=O)N[C@H]1[C@@H]([C@H](O)[C@@H](O)CO)O[C@@](O)(C(=O)O)C[C@@H]1O. The predicted octanol–water partition coefficient (Wildman–Crippen LogP) is -3.87. The Kier molecular flexibility index (Phi) is 5.61. The van der Waals surface area contributed by atoms with Crippen molar-refractivity contribution >= 4 is 11.9 Å². The van der Waals surface area contributed by atoms with Crippen LogP contribution in [0.5, 0.6) is 0 Å². The van der Waals surface area contributed by atoms with Crippen molar-refractivity contribution in [2.24, 2.45) is 0 Å². The fraction of sp³-hybridized carbons (Fsp3) is 0.818. The molecule has 0 unspecified atom stereocenters. The van der Waals surface area contributed by atoms with Crippen molar-refractivity contribution in [1.82, 2.24) is 5.32 Å². The molecule has 7 N–H and O–H groups in total. The summed E-state index contributed by atoms with van der Waals surface area (Å²) in [6.07, 6.45) is -7.48. The number of carbonyl (C=O) groups excluding carboxylic acids is 1. The predicted molar refractivity (Wildman–Crippen MR) is 64.8 cm³/mol. The highest BCUT2D eigenvalue weighted by Gasteiger charge is 2.53. The molecule has 0 aromatic carbocycles.